The van der Waals surface area contributed by atoms with Crippen molar-refractivity contribution >= 4 is 5.91 Å². The van der Waals surface area contributed by atoms with Crippen molar-refractivity contribution in [2.24, 2.45) is 5.73 Å². The average molecular weight is 377 g/mol. The summed E-state index contributed by atoms with van der Waals surface area (Å²) in [4.78, 5) is 15.0. The van der Waals surface area contributed by atoms with E-state index >= 15 is 0 Å². The summed E-state index contributed by atoms with van der Waals surface area (Å²) in [6.07, 6.45) is 2.44. The van der Waals surface area contributed by atoms with Gasteiger partial charge in [0.1, 0.15) is 22.9 Å². The Labute approximate surface area is 164 Å². The molecule has 0 spiro atoms. The highest BCUT2D eigenvalue weighted by Gasteiger charge is 2.03. The summed E-state index contributed by atoms with van der Waals surface area (Å²) in [5.74, 6) is 1.57. The molecule has 0 saturated heterocycles. The van der Waals surface area contributed by atoms with Crippen LogP contribution in [-0.2, 0) is 13.0 Å². The van der Waals surface area contributed by atoms with Gasteiger partial charge in [-0.1, -0.05) is 24.3 Å². The second kappa shape index (κ2) is 9.53. The number of benzene rings is 2. The summed E-state index contributed by atoms with van der Waals surface area (Å²) in [7, 11) is 1.67. The lowest BCUT2D eigenvalue weighted by atomic mass is 10.1. The standard InChI is InChI=1S/C22H23N3O3/c1-27-18-6-2-16(3-7-18)12-13-24-14-17-4-8-19(9-5-17)28-20-10-11-21(22(23)26)25-15-20/h2-11,15,24H,12-14H2,1H3,(H2,23,26). The SMILES string of the molecule is COc1ccc(CCNCc2ccc(Oc3ccc(C(N)=O)nc3)cc2)cc1. The first-order valence-electron chi connectivity index (χ1n) is 9.00. The zero-order valence-electron chi connectivity index (χ0n) is 15.7. The van der Waals surface area contributed by atoms with E-state index in [9.17, 15) is 4.79 Å². The van der Waals surface area contributed by atoms with Gasteiger partial charge in [0, 0.05) is 6.54 Å². The second-order valence-electron chi connectivity index (χ2n) is 6.26. The van der Waals surface area contributed by atoms with Crippen LogP contribution in [0.15, 0.2) is 66.9 Å². The Morgan fingerprint density at radius 3 is 2.18 bits per heavy atom. The van der Waals surface area contributed by atoms with Crippen LogP contribution in [0.3, 0.4) is 0 Å². The van der Waals surface area contributed by atoms with E-state index in [-0.39, 0.29) is 5.69 Å². The molecule has 3 rings (SSSR count). The minimum atomic E-state index is -0.560. The third-order valence-corrected chi connectivity index (χ3v) is 4.23. The second-order valence-corrected chi connectivity index (χ2v) is 6.26. The minimum Gasteiger partial charge on any atom is -0.497 e. The number of amides is 1. The smallest absolute Gasteiger partial charge is 0.267 e. The van der Waals surface area contributed by atoms with E-state index in [0.717, 1.165) is 25.3 Å². The van der Waals surface area contributed by atoms with Crippen molar-refractivity contribution in [1.82, 2.24) is 10.3 Å². The van der Waals surface area contributed by atoms with E-state index in [2.05, 4.69) is 22.4 Å². The number of nitrogens with two attached hydrogens (primary N) is 1. The van der Waals surface area contributed by atoms with Gasteiger partial charge < -0.3 is 20.5 Å². The average Bonchev–Trinajstić information content (AvgIpc) is 2.73. The van der Waals surface area contributed by atoms with Crippen molar-refractivity contribution in [1.29, 1.82) is 0 Å². The van der Waals surface area contributed by atoms with Crippen molar-refractivity contribution in [3.05, 3.63) is 83.7 Å². The fourth-order valence-corrected chi connectivity index (χ4v) is 2.66. The normalized spacial score (nSPS) is 10.5. The number of ether oxygens (including phenoxy) is 2. The van der Waals surface area contributed by atoms with E-state index in [4.69, 9.17) is 15.2 Å². The first-order chi connectivity index (χ1) is 13.6. The molecule has 0 unspecified atom stereocenters. The molecule has 28 heavy (non-hydrogen) atoms. The topological polar surface area (TPSA) is 86.5 Å². The van der Waals surface area contributed by atoms with Gasteiger partial charge in [0.05, 0.1) is 13.3 Å². The van der Waals surface area contributed by atoms with Gasteiger partial charge in [-0.2, -0.15) is 0 Å². The molecule has 1 aromatic heterocycles. The highest BCUT2D eigenvalue weighted by atomic mass is 16.5. The number of nitrogens with zero attached hydrogens (tertiary/aromatic N) is 1. The summed E-state index contributed by atoms with van der Waals surface area (Å²) in [5, 5.41) is 3.44. The highest BCUT2D eigenvalue weighted by Crippen LogP contribution is 2.21. The molecule has 1 amide bonds. The Bertz CT molecular complexity index is 892. The van der Waals surface area contributed by atoms with Crippen LogP contribution in [0.25, 0.3) is 0 Å². The Hall–Kier alpha value is -3.38. The third kappa shape index (κ3) is 5.56. The third-order valence-electron chi connectivity index (χ3n) is 4.23. The number of hydrogen-bond donors (Lipinski definition) is 2. The van der Waals surface area contributed by atoms with E-state index in [1.54, 1.807) is 19.2 Å². The van der Waals surface area contributed by atoms with Gasteiger partial charge in [0.2, 0.25) is 0 Å². The van der Waals surface area contributed by atoms with Gasteiger partial charge in [-0.25, -0.2) is 4.98 Å². The highest BCUT2D eigenvalue weighted by molar-refractivity contribution is 5.90. The minimum absolute atomic E-state index is 0.211. The molecule has 3 aromatic rings. The number of pyridine rings is 1. The van der Waals surface area contributed by atoms with Crippen LogP contribution in [0, 0.1) is 0 Å². The molecule has 6 heteroatoms. The fourth-order valence-electron chi connectivity index (χ4n) is 2.66. The summed E-state index contributed by atoms with van der Waals surface area (Å²) in [6.45, 7) is 1.67. The van der Waals surface area contributed by atoms with E-state index in [0.29, 0.717) is 11.5 Å². The maximum Gasteiger partial charge on any atom is 0.267 e. The molecular weight excluding hydrogens is 354 g/mol. The molecule has 0 aliphatic rings. The largest absolute Gasteiger partial charge is 0.497 e. The quantitative estimate of drug-likeness (QED) is 0.559. The molecule has 2 aromatic carbocycles. The lowest BCUT2D eigenvalue weighted by molar-refractivity contribution is 0.0995. The van der Waals surface area contributed by atoms with Crippen LogP contribution < -0.4 is 20.5 Å². The van der Waals surface area contributed by atoms with Gasteiger partial charge in [0.25, 0.3) is 5.91 Å². The first-order valence-corrected chi connectivity index (χ1v) is 9.00. The van der Waals surface area contributed by atoms with E-state index in [1.807, 2.05) is 36.4 Å². The number of methoxy groups -OCH3 is 1. The molecule has 0 aliphatic heterocycles. The van der Waals surface area contributed by atoms with Crippen molar-refractivity contribution < 1.29 is 14.3 Å². The molecule has 0 fully saturated rings. The van der Waals surface area contributed by atoms with Crippen LogP contribution in [0.5, 0.6) is 17.2 Å². The Kier molecular flexibility index (Phi) is 6.59. The predicted molar refractivity (Wildman–Crippen MR) is 108 cm³/mol. The maximum atomic E-state index is 11.0. The molecule has 0 radical (unpaired) electrons. The Morgan fingerprint density at radius 2 is 1.57 bits per heavy atom. The maximum absolute atomic E-state index is 11.0. The van der Waals surface area contributed by atoms with Gasteiger partial charge in [-0.05, 0) is 60.5 Å². The van der Waals surface area contributed by atoms with E-state index < -0.39 is 5.91 Å². The van der Waals surface area contributed by atoms with Gasteiger partial charge in [0.15, 0.2) is 0 Å². The summed E-state index contributed by atoms with van der Waals surface area (Å²) in [6, 6.07) is 19.2. The van der Waals surface area contributed by atoms with E-state index in [1.165, 1.54) is 17.3 Å². The van der Waals surface area contributed by atoms with Gasteiger partial charge in [-0.15, -0.1) is 0 Å². The molecular formula is C22H23N3O3. The predicted octanol–water partition coefficient (Wildman–Crippen LogP) is 3.31. The number of hydrogen-bond acceptors (Lipinski definition) is 5. The number of nitrogens with one attached hydrogen (secondary N) is 1. The molecule has 1 heterocycles. The molecule has 0 atom stereocenters. The number of carbonyl (C=O) groups excluding carboxylic acids is 1. The van der Waals surface area contributed by atoms with Crippen LogP contribution in [0.4, 0.5) is 0 Å². The van der Waals surface area contributed by atoms with Crippen molar-refractivity contribution in [3.8, 4) is 17.2 Å². The summed E-state index contributed by atoms with van der Waals surface area (Å²) < 4.78 is 10.9. The molecule has 0 saturated carbocycles. The summed E-state index contributed by atoms with van der Waals surface area (Å²) >= 11 is 0. The number of carbonyl (C=O) groups is 1. The summed E-state index contributed by atoms with van der Waals surface area (Å²) in [5.41, 5.74) is 7.83. The lowest BCUT2D eigenvalue weighted by Gasteiger charge is -2.08. The number of aromatic nitrogens is 1. The van der Waals surface area contributed by atoms with Crippen molar-refractivity contribution in [3.63, 3.8) is 0 Å². The molecule has 6 nitrogen and oxygen atoms in total. The molecule has 3 N–H and O–H groups in total. The fraction of sp³-hybridized carbons (Fsp3) is 0.182. The zero-order valence-corrected chi connectivity index (χ0v) is 15.7. The van der Waals surface area contributed by atoms with Crippen molar-refractivity contribution in [2.45, 2.75) is 13.0 Å². The number of primary amides is 1. The number of rotatable bonds is 9. The Balaban J connectivity index is 1.44. The lowest BCUT2D eigenvalue weighted by Crippen LogP contribution is -2.16. The van der Waals surface area contributed by atoms with Gasteiger partial charge >= 0.3 is 0 Å². The first kappa shape index (κ1) is 19.4. The molecule has 0 aliphatic carbocycles. The van der Waals surface area contributed by atoms with Crippen LogP contribution >= 0.6 is 0 Å². The van der Waals surface area contributed by atoms with Crippen LogP contribution in [0.1, 0.15) is 21.6 Å². The molecule has 0 bridgehead atoms. The Morgan fingerprint density at radius 1 is 0.929 bits per heavy atom. The zero-order chi connectivity index (χ0) is 19.8. The van der Waals surface area contributed by atoms with Crippen LogP contribution in [0.2, 0.25) is 0 Å². The monoisotopic (exact) mass is 377 g/mol. The van der Waals surface area contributed by atoms with Crippen LogP contribution in [-0.4, -0.2) is 24.5 Å². The van der Waals surface area contributed by atoms with Gasteiger partial charge in [-0.3, -0.25) is 4.79 Å². The van der Waals surface area contributed by atoms with Crippen molar-refractivity contribution in [2.75, 3.05) is 13.7 Å². The molecule has 144 valence electrons.